The third-order valence-corrected chi connectivity index (χ3v) is 3.80. The van der Waals surface area contributed by atoms with Gasteiger partial charge in [-0.2, -0.15) is 0 Å². The maximum Gasteiger partial charge on any atom is 0.307 e. The zero-order valence-electron chi connectivity index (χ0n) is 10.3. The van der Waals surface area contributed by atoms with Crippen LogP contribution in [-0.2, 0) is 24.3 Å². The van der Waals surface area contributed by atoms with E-state index in [0.717, 1.165) is 0 Å². The molecular formula is C11H13ClN2O5S. The number of nitrogens with two attached hydrogens (primary N) is 1. The van der Waals surface area contributed by atoms with Gasteiger partial charge in [0.2, 0.25) is 10.0 Å². The van der Waals surface area contributed by atoms with E-state index in [4.69, 9.17) is 17.3 Å². The molecule has 9 heteroatoms. The van der Waals surface area contributed by atoms with E-state index < -0.39 is 28.5 Å². The largest absolute Gasteiger partial charge is 0.456 e. The van der Waals surface area contributed by atoms with Crippen LogP contribution in [0.3, 0.4) is 0 Å². The zero-order chi connectivity index (χ0) is 15.2. The lowest BCUT2D eigenvalue weighted by Gasteiger charge is -2.07. The van der Waals surface area contributed by atoms with E-state index in [1.54, 1.807) is 6.07 Å². The highest BCUT2D eigenvalue weighted by Crippen LogP contribution is 2.14. The summed E-state index contributed by atoms with van der Waals surface area (Å²) in [5.74, 6) is -1.50. The molecule has 0 fully saturated rings. The molecule has 0 aliphatic carbocycles. The minimum Gasteiger partial charge on any atom is -0.456 e. The smallest absolute Gasteiger partial charge is 0.307 e. The van der Waals surface area contributed by atoms with Crippen LogP contribution in [0.4, 0.5) is 0 Å². The molecule has 0 aliphatic rings. The standard InChI is InChI=1S/C11H13ClN2O5S/c12-8-2-1-3-9(6-8)20(17,18)14-5-4-11(16)19-7-10(13)15/h1-3,6,14H,4-5,7H2,(H2,13,15). The quantitative estimate of drug-likeness (QED) is 0.688. The predicted molar refractivity (Wildman–Crippen MR) is 71.4 cm³/mol. The summed E-state index contributed by atoms with van der Waals surface area (Å²) in [5, 5.41) is 0.286. The number of benzene rings is 1. The van der Waals surface area contributed by atoms with Gasteiger partial charge in [0, 0.05) is 11.6 Å². The highest BCUT2D eigenvalue weighted by Gasteiger charge is 2.14. The monoisotopic (exact) mass is 320 g/mol. The zero-order valence-corrected chi connectivity index (χ0v) is 11.9. The lowest BCUT2D eigenvalue weighted by atomic mass is 10.4. The first-order valence-electron chi connectivity index (χ1n) is 5.50. The van der Waals surface area contributed by atoms with Crippen molar-refractivity contribution in [1.82, 2.24) is 4.72 Å². The van der Waals surface area contributed by atoms with E-state index in [9.17, 15) is 18.0 Å². The van der Waals surface area contributed by atoms with Crippen molar-refractivity contribution in [3.8, 4) is 0 Å². The summed E-state index contributed by atoms with van der Waals surface area (Å²) < 4.78 is 30.4. The Labute approximate surface area is 121 Å². The molecule has 1 aromatic carbocycles. The van der Waals surface area contributed by atoms with Crippen molar-refractivity contribution in [2.75, 3.05) is 13.2 Å². The number of amides is 1. The SMILES string of the molecule is NC(=O)COC(=O)CCNS(=O)(=O)c1cccc(Cl)c1. The average molecular weight is 321 g/mol. The molecule has 20 heavy (non-hydrogen) atoms. The molecule has 0 radical (unpaired) electrons. The number of rotatable bonds is 7. The number of hydrogen-bond donors (Lipinski definition) is 2. The Morgan fingerprint density at radius 1 is 1.35 bits per heavy atom. The molecule has 1 aromatic rings. The van der Waals surface area contributed by atoms with Crippen molar-refractivity contribution in [1.29, 1.82) is 0 Å². The Balaban J connectivity index is 2.48. The number of ether oxygens (including phenoxy) is 1. The molecule has 3 N–H and O–H groups in total. The van der Waals surface area contributed by atoms with E-state index in [-0.39, 0.29) is 22.9 Å². The topological polar surface area (TPSA) is 116 Å². The van der Waals surface area contributed by atoms with Crippen LogP contribution in [0.25, 0.3) is 0 Å². The molecule has 0 saturated carbocycles. The van der Waals surface area contributed by atoms with Gasteiger partial charge in [-0.1, -0.05) is 17.7 Å². The summed E-state index contributed by atoms with van der Waals surface area (Å²) in [6, 6.07) is 5.70. The van der Waals surface area contributed by atoms with Crippen molar-refractivity contribution in [3.63, 3.8) is 0 Å². The molecule has 0 spiro atoms. The summed E-state index contributed by atoms with van der Waals surface area (Å²) >= 11 is 5.70. The van der Waals surface area contributed by atoms with Gasteiger partial charge in [-0.25, -0.2) is 13.1 Å². The summed E-state index contributed by atoms with van der Waals surface area (Å²) in [6.07, 6.45) is -0.215. The van der Waals surface area contributed by atoms with Gasteiger partial charge in [0.1, 0.15) is 0 Å². The number of primary amides is 1. The first-order valence-corrected chi connectivity index (χ1v) is 7.36. The molecule has 1 rings (SSSR count). The highest BCUT2D eigenvalue weighted by molar-refractivity contribution is 7.89. The van der Waals surface area contributed by atoms with Crippen LogP contribution in [0, 0.1) is 0 Å². The molecule has 0 bridgehead atoms. The fourth-order valence-electron chi connectivity index (χ4n) is 1.23. The van der Waals surface area contributed by atoms with Crippen molar-refractivity contribution in [2.24, 2.45) is 5.73 Å². The molecule has 7 nitrogen and oxygen atoms in total. The molecule has 0 saturated heterocycles. The highest BCUT2D eigenvalue weighted by atomic mass is 35.5. The van der Waals surface area contributed by atoms with E-state index in [0.29, 0.717) is 0 Å². The van der Waals surface area contributed by atoms with Crippen LogP contribution in [0.1, 0.15) is 6.42 Å². The molecule has 1 amide bonds. The molecule has 0 aromatic heterocycles. The second-order valence-corrected chi connectivity index (χ2v) is 5.94. The summed E-state index contributed by atoms with van der Waals surface area (Å²) in [7, 11) is -3.74. The Bertz CT molecular complexity index is 603. The number of hydrogen-bond acceptors (Lipinski definition) is 5. The number of esters is 1. The van der Waals surface area contributed by atoms with Gasteiger partial charge in [0.15, 0.2) is 6.61 Å². The molecule has 0 unspecified atom stereocenters. The van der Waals surface area contributed by atoms with Gasteiger partial charge in [-0.15, -0.1) is 0 Å². The van der Waals surface area contributed by atoms with Crippen molar-refractivity contribution in [3.05, 3.63) is 29.3 Å². The Morgan fingerprint density at radius 2 is 2.05 bits per heavy atom. The molecular weight excluding hydrogens is 308 g/mol. The Hall–Kier alpha value is -1.64. The number of carbonyl (C=O) groups is 2. The van der Waals surface area contributed by atoms with E-state index >= 15 is 0 Å². The normalized spacial score (nSPS) is 11.1. The third-order valence-electron chi connectivity index (χ3n) is 2.10. The first-order chi connectivity index (χ1) is 9.31. The van der Waals surface area contributed by atoms with Gasteiger partial charge in [-0.05, 0) is 18.2 Å². The van der Waals surface area contributed by atoms with Crippen LogP contribution in [-0.4, -0.2) is 33.4 Å². The second kappa shape index (κ2) is 7.22. The lowest BCUT2D eigenvalue weighted by Crippen LogP contribution is -2.28. The van der Waals surface area contributed by atoms with Crippen LogP contribution >= 0.6 is 11.6 Å². The summed E-state index contributed by atoms with van der Waals surface area (Å²) in [6.45, 7) is -0.688. The maximum atomic E-state index is 11.8. The molecule has 0 heterocycles. The number of halogens is 1. The molecule has 110 valence electrons. The van der Waals surface area contributed by atoms with Crippen LogP contribution in [0.15, 0.2) is 29.2 Å². The second-order valence-electron chi connectivity index (χ2n) is 3.73. The first kappa shape index (κ1) is 16.4. The summed E-state index contributed by atoms with van der Waals surface area (Å²) in [5.41, 5.74) is 4.79. The van der Waals surface area contributed by atoms with Crippen LogP contribution in [0.2, 0.25) is 5.02 Å². The predicted octanol–water partition coefficient (Wildman–Crippen LogP) is 0.0369. The van der Waals surface area contributed by atoms with Crippen LogP contribution in [0.5, 0.6) is 0 Å². The Kier molecular flexibility index (Phi) is 5.93. The van der Waals surface area contributed by atoms with Crippen molar-refractivity contribution < 1.29 is 22.7 Å². The maximum absolute atomic E-state index is 11.8. The van der Waals surface area contributed by atoms with Crippen molar-refractivity contribution >= 4 is 33.5 Å². The minimum atomic E-state index is -3.74. The Morgan fingerprint density at radius 3 is 2.65 bits per heavy atom. The fourth-order valence-corrected chi connectivity index (χ4v) is 2.56. The van der Waals surface area contributed by atoms with Gasteiger partial charge in [0.05, 0.1) is 11.3 Å². The van der Waals surface area contributed by atoms with E-state index in [1.807, 2.05) is 0 Å². The average Bonchev–Trinajstić information content (AvgIpc) is 2.36. The number of sulfonamides is 1. The van der Waals surface area contributed by atoms with Gasteiger partial charge < -0.3 is 10.5 Å². The van der Waals surface area contributed by atoms with Crippen LogP contribution < -0.4 is 10.5 Å². The van der Waals surface area contributed by atoms with Crippen molar-refractivity contribution in [2.45, 2.75) is 11.3 Å². The van der Waals surface area contributed by atoms with Gasteiger partial charge in [0.25, 0.3) is 5.91 Å². The number of nitrogens with one attached hydrogen (secondary N) is 1. The molecule has 0 aliphatic heterocycles. The number of carbonyl (C=O) groups excluding carboxylic acids is 2. The van der Waals surface area contributed by atoms with E-state index in [2.05, 4.69) is 9.46 Å². The van der Waals surface area contributed by atoms with Gasteiger partial charge in [-0.3, -0.25) is 9.59 Å². The van der Waals surface area contributed by atoms with E-state index in [1.165, 1.54) is 18.2 Å². The summed E-state index contributed by atoms with van der Waals surface area (Å²) in [4.78, 5) is 21.5. The van der Waals surface area contributed by atoms with Gasteiger partial charge >= 0.3 is 5.97 Å². The minimum absolute atomic E-state index is 0.00416. The third kappa shape index (κ3) is 5.55. The fraction of sp³-hybridized carbons (Fsp3) is 0.273. The lowest BCUT2D eigenvalue weighted by molar-refractivity contribution is -0.147. The molecule has 0 atom stereocenters.